The number of aryl methyl sites for hydroxylation is 4. The van der Waals surface area contributed by atoms with Crippen molar-refractivity contribution in [2.75, 3.05) is 5.32 Å². The van der Waals surface area contributed by atoms with Crippen LogP contribution >= 0.6 is 0 Å². The minimum atomic E-state index is -0.439. The summed E-state index contributed by atoms with van der Waals surface area (Å²) >= 11 is 0. The molecule has 3 aromatic rings. The van der Waals surface area contributed by atoms with Gasteiger partial charge in [-0.15, -0.1) is 0 Å². The lowest BCUT2D eigenvalue weighted by atomic mass is 10.3. The third-order valence-corrected chi connectivity index (χ3v) is 3.40. The van der Waals surface area contributed by atoms with E-state index < -0.39 is 11.5 Å². The average Bonchev–Trinajstić information content (AvgIpc) is 3.01. The van der Waals surface area contributed by atoms with E-state index in [1.165, 1.54) is 6.07 Å². The van der Waals surface area contributed by atoms with Crippen LogP contribution in [0.2, 0.25) is 0 Å². The van der Waals surface area contributed by atoms with E-state index in [4.69, 9.17) is 0 Å². The lowest BCUT2D eigenvalue weighted by Crippen LogP contribution is -2.17. The van der Waals surface area contributed by atoms with Crippen molar-refractivity contribution < 1.29 is 4.79 Å². The summed E-state index contributed by atoms with van der Waals surface area (Å²) in [4.78, 5) is 32.9. The number of carbonyl (C=O) groups excluding carboxylic acids is 1. The van der Waals surface area contributed by atoms with E-state index >= 15 is 0 Å². The summed E-state index contributed by atoms with van der Waals surface area (Å²) in [6.07, 6.45) is 1.69. The molecule has 0 aromatic carbocycles. The molecule has 3 heterocycles. The number of H-pyrrole nitrogens is 1. The van der Waals surface area contributed by atoms with Crippen molar-refractivity contribution in [2.45, 2.75) is 20.8 Å². The van der Waals surface area contributed by atoms with Crippen LogP contribution in [0.15, 0.2) is 23.1 Å². The Balaban J connectivity index is 1.92. The van der Waals surface area contributed by atoms with Gasteiger partial charge in [-0.3, -0.25) is 19.4 Å². The minimum absolute atomic E-state index is 0.117. The summed E-state index contributed by atoms with van der Waals surface area (Å²) in [5.41, 5.74) is 2.44. The summed E-state index contributed by atoms with van der Waals surface area (Å²) in [6, 6.07) is 3.01. The molecule has 9 heteroatoms. The molecular formula is C15H17N7O2. The molecule has 124 valence electrons. The molecule has 0 unspecified atom stereocenters. The van der Waals surface area contributed by atoms with Crippen LogP contribution in [0.4, 0.5) is 5.69 Å². The van der Waals surface area contributed by atoms with Crippen LogP contribution in [0, 0.1) is 20.8 Å². The second-order valence-electron chi connectivity index (χ2n) is 5.55. The second-order valence-corrected chi connectivity index (χ2v) is 5.55. The van der Waals surface area contributed by atoms with Crippen molar-refractivity contribution in [2.24, 2.45) is 7.05 Å². The van der Waals surface area contributed by atoms with E-state index in [0.717, 1.165) is 16.1 Å². The standard InChI is InChI=1S/C15H17N7O2/c1-8-5-9(2)17-15(16-8)22-13(23)6-11(20-22)14(24)18-12-7-21(4)19-10(12)3/h5-7,20H,1-4H3,(H,18,24). The zero-order valence-electron chi connectivity index (χ0n) is 13.8. The summed E-state index contributed by atoms with van der Waals surface area (Å²) in [6.45, 7) is 5.41. The normalized spacial score (nSPS) is 10.8. The summed E-state index contributed by atoms with van der Waals surface area (Å²) < 4.78 is 2.74. The summed E-state index contributed by atoms with van der Waals surface area (Å²) in [5.74, 6) is -0.236. The van der Waals surface area contributed by atoms with Crippen LogP contribution in [0.3, 0.4) is 0 Å². The van der Waals surface area contributed by atoms with Crippen LogP contribution in [-0.2, 0) is 7.05 Å². The maximum Gasteiger partial charge on any atom is 0.274 e. The van der Waals surface area contributed by atoms with Gasteiger partial charge in [-0.25, -0.2) is 9.97 Å². The molecular weight excluding hydrogens is 310 g/mol. The number of nitrogens with zero attached hydrogens (tertiary/aromatic N) is 5. The highest BCUT2D eigenvalue weighted by Crippen LogP contribution is 2.12. The van der Waals surface area contributed by atoms with Crippen molar-refractivity contribution in [1.29, 1.82) is 0 Å². The topological polar surface area (TPSA) is 110 Å². The van der Waals surface area contributed by atoms with Crippen molar-refractivity contribution in [3.8, 4) is 5.95 Å². The van der Waals surface area contributed by atoms with Gasteiger partial charge in [0.1, 0.15) is 5.69 Å². The third kappa shape index (κ3) is 2.96. The van der Waals surface area contributed by atoms with Gasteiger partial charge in [-0.1, -0.05) is 0 Å². The fourth-order valence-electron chi connectivity index (χ4n) is 2.38. The number of carbonyl (C=O) groups is 1. The molecule has 0 aliphatic rings. The Labute approximate surface area is 137 Å². The Hall–Kier alpha value is -3.23. The summed E-state index contributed by atoms with van der Waals surface area (Å²) in [7, 11) is 1.76. The number of nitrogens with one attached hydrogen (secondary N) is 2. The number of hydrogen-bond acceptors (Lipinski definition) is 5. The average molecular weight is 327 g/mol. The summed E-state index contributed by atoms with van der Waals surface area (Å²) in [5, 5.41) is 9.61. The van der Waals surface area contributed by atoms with Gasteiger partial charge in [-0.2, -0.15) is 9.78 Å². The predicted molar refractivity (Wildman–Crippen MR) is 87.4 cm³/mol. The van der Waals surface area contributed by atoms with Gasteiger partial charge in [-0.05, 0) is 26.8 Å². The maximum absolute atomic E-state index is 12.3. The molecule has 1 amide bonds. The number of aromatic nitrogens is 6. The van der Waals surface area contributed by atoms with Gasteiger partial charge in [0.2, 0.25) is 0 Å². The van der Waals surface area contributed by atoms with Gasteiger partial charge >= 0.3 is 0 Å². The molecule has 0 fully saturated rings. The number of aromatic amines is 1. The molecule has 3 rings (SSSR count). The first-order chi connectivity index (χ1) is 11.3. The highest BCUT2D eigenvalue weighted by atomic mass is 16.2. The SMILES string of the molecule is Cc1cc(C)nc(-n2[nH]c(C(=O)Nc3cn(C)nc3C)cc2=O)n1. The maximum atomic E-state index is 12.3. The fourth-order valence-corrected chi connectivity index (χ4v) is 2.38. The molecule has 0 aliphatic carbocycles. The zero-order valence-corrected chi connectivity index (χ0v) is 13.8. The largest absolute Gasteiger partial charge is 0.318 e. The Morgan fingerprint density at radius 3 is 2.42 bits per heavy atom. The highest BCUT2D eigenvalue weighted by molar-refractivity contribution is 6.03. The first kappa shape index (κ1) is 15.7. The molecule has 0 saturated heterocycles. The van der Waals surface area contributed by atoms with Crippen LogP contribution < -0.4 is 10.9 Å². The molecule has 0 radical (unpaired) electrons. The third-order valence-electron chi connectivity index (χ3n) is 3.40. The molecule has 3 aromatic heterocycles. The molecule has 0 bridgehead atoms. The first-order valence-electron chi connectivity index (χ1n) is 7.30. The van der Waals surface area contributed by atoms with E-state index in [2.05, 4.69) is 25.5 Å². The van der Waals surface area contributed by atoms with E-state index in [-0.39, 0.29) is 11.6 Å². The number of amides is 1. The molecule has 9 nitrogen and oxygen atoms in total. The van der Waals surface area contributed by atoms with Crippen molar-refractivity contribution in [3.05, 3.63) is 51.5 Å². The van der Waals surface area contributed by atoms with E-state index in [1.54, 1.807) is 30.9 Å². The van der Waals surface area contributed by atoms with Crippen LogP contribution in [0.25, 0.3) is 5.95 Å². The molecule has 24 heavy (non-hydrogen) atoms. The molecule has 2 N–H and O–H groups in total. The molecule has 0 saturated carbocycles. The van der Waals surface area contributed by atoms with Gasteiger partial charge in [0, 0.05) is 30.7 Å². The van der Waals surface area contributed by atoms with Crippen molar-refractivity contribution >= 4 is 11.6 Å². The van der Waals surface area contributed by atoms with Gasteiger partial charge in [0.25, 0.3) is 17.4 Å². The zero-order chi connectivity index (χ0) is 17.4. The Morgan fingerprint density at radius 1 is 1.17 bits per heavy atom. The van der Waals surface area contributed by atoms with Crippen molar-refractivity contribution in [3.63, 3.8) is 0 Å². The Bertz CT molecular complexity index is 960. The van der Waals surface area contributed by atoms with E-state index in [9.17, 15) is 9.59 Å². The number of hydrogen-bond donors (Lipinski definition) is 2. The molecule has 0 spiro atoms. The fraction of sp³-hybridized carbons (Fsp3) is 0.267. The molecule has 0 atom stereocenters. The van der Waals surface area contributed by atoms with Crippen LogP contribution in [0.5, 0.6) is 0 Å². The smallest absolute Gasteiger partial charge is 0.274 e. The number of anilines is 1. The van der Waals surface area contributed by atoms with Gasteiger partial charge in [0.15, 0.2) is 0 Å². The van der Waals surface area contributed by atoms with Crippen LogP contribution in [0.1, 0.15) is 27.6 Å². The lowest BCUT2D eigenvalue weighted by molar-refractivity contribution is 0.102. The van der Waals surface area contributed by atoms with E-state index in [1.807, 2.05) is 13.8 Å². The Kier molecular flexibility index (Phi) is 3.76. The van der Waals surface area contributed by atoms with E-state index in [0.29, 0.717) is 11.4 Å². The van der Waals surface area contributed by atoms with Gasteiger partial charge in [0.05, 0.1) is 11.4 Å². The molecule has 0 aliphatic heterocycles. The van der Waals surface area contributed by atoms with Crippen LogP contribution in [-0.4, -0.2) is 35.4 Å². The van der Waals surface area contributed by atoms with Crippen molar-refractivity contribution in [1.82, 2.24) is 29.5 Å². The second kappa shape index (κ2) is 5.76. The van der Waals surface area contributed by atoms with Gasteiger partial charge < -0.3 is 5.32 Å². The lowest BCUT2D eigenvalue weighted by Gasteiger charge is -2.04. The number of rotatable bonds is 3. The monoisotopic (exact) mass is 327 g/mol. The Morgan fingerprint density at radius 2 is 1.83 bits per heavy atom. The quantitative estimate of drug-likeness (QED) is 0.741. The highest BCUT2D eigenvalue weighted by Gasteiger charge is 2.16. The first-order valence-corrected chi connectivity index (χ1v) is 7.30. The predicted octanol–water partition coefficient (Wildman–Crippen LogP) is 0.867. The minimum Gasteiger partial charge on any atom is -0.318 e.